The van der Waals surface area contributed by atoms with Gasteiger partial charge in [0.15, 0.2) is 11.5 Å². The summed E-state index contributed by atoms with van der Waals surface area (Å²) in [6, 6.07) is 7.78. The highest BCUT2D eigenvalue weighted by molar-refractivity contribution is 5.72. The van der Waals surface area contributed by atoms with Gasteiger partial charge in [0.2, 0.25) is 0 Å². The van der Waals surface area contributed by atoms with E-state index >= 15 is 0 Å². The first-order valence-corrected chi connectivity index (χ1v) is 7.80. The second-order valence-electron chi connectivity index (χ2n) is 6.60. The lowest BCUT2D eigenvalue weighted by Gasteiger charge is -2.23. The Bertz CT molecular complexity index is 573. The lowest BCUT2D eigenvalue weighted by molar-refractivity contribution is 0.118. The molecule has 2 aliphatic rings. The van der Waals surface area contributed by atoms with Gasteiger partial charge < -0.3 is 9.52 Å². The van der Waals surface area contributed by atoms with E-state index in [1.54, 1.807) is 0 Å². The van der Waals surface area contributed by atoms with Crippen LogP contribution < -0.4 is 0 Å². The van der Waals surface area contributed by atoms with Crippen molar-refractivity contribution in [2.75, 3.05) is 0 Å². The molecule has 0 spiro atoms. The van der Waals surface area contributed by atoms with Crippen LogP contribution in [0.3, 0.4) is 0 Å². The average molecular weight is 271 g/mol. The predicted molar refractivity (Wildman–Crippen MR) is 77.3 cm³/mol. The Morgan fingerprint density at radius 3 is 2.90 bits per heavy atom. The summed E-state index contributed by atoms with van der Waals surface area (Å²) >= 11 is 0. The third kappa shape index (κ3) is 2.24. The van der Waals surface area contributed by atoms with Crippen molar-refractivity contribution >= 4 is 11.1 Å². The first kappa shape index (κ1) is 12.4. The minimum Gasteiger partial charge on any atom is -0.441 e. The fraction of sp³-hybridized carbons (Fsp3) is 0.588. The summed E-state index contributed by atoms with van der Waals surface area (Å²) in [4.78, 5) is 4.45. The summed E-state index contributed by atoms with van der Waals surface area (Å²) in [6.45, 7) is 0. The molecule has 0 aliphatic heterocycles. The molecule has 0 radical (unpaired) electrons. The molecular weight excluding hydrogens is 250 g/mol. The molecule has 2 aliphatic carbocycles. The van der Waals surface area contributed by atoms with Crippen molar-refractivity contribution in [2.45, 2.75) is 44.6 Å². The monoisotopic (exact) mass is 271 g/mol. The average Bonchev–Trinajstić information content (AvgIpc) is 3.11. The van der Waals surface area contributed by atoms with Crippen molar-refractivity contribution in [1.82, 2.24) is 4.98 Å². The van der Waals surface area contributed by atoms with Gasteiger partial charge in [-0.25, -0.2) is 4.98 Å². The molecule has 20 heavy (non-hydrogen) atoms. The quantitative estimate of drug-likeness (QED) is 0.925. The van der Waals surface area contributed by atoms with E-state index in [1.165, 1.54) is 25.7 Å². The van der Waals surface area contributed by atoms with Gasteiger partial charge in [0.05, 0.1) is 12.5 Å². The van der Waals surface area contributed by atoms with Gasteiger partial charge in [0.1, 0.15) is 5.52 Å². The smallest absolute Gasteiger partial charge is 0.198 e. The maximum Gasteiger partial charge on any atom is 0.198 e. The van der Waals surface area contributed by atoms with Crippen molar-refractivity contribution in [2.24, 2.45) is 17.8 Å². The van der Waals surface area contributed by atoms with Gasteiger partial charge in [0, 0.05) is 0 Å². The van der Waals surface area contributed by atoms with Gasteiger partial charge in [-0.2, -0.15) is 0 Å². The third-order valence-corrected chi connectivity index (χ3v) is 5.21. The normalized spacial score (nSPS) is 30.1. The second-order valence-corrected chi connectivity index (χ2v) is 6.60. The molecule has 4 atom stereocenters. The van der Waals surface area contributed by atoms with Gasteiger partial charge in [-0.05, 0) is 55.6 Å². The number of para-hydroxylation sites is 2. The molecule has 1 heterocycles. The SMILES string of the molecule is OC(Cc1nc2ccccc2o1)CC1CC2CCC1C2. The van der Waals surface area contributed by atoms with Gasteiger partial charge in [-0.15, -0.1) is 0 Å². The molecule has 4 unspecified atom stereocenters. The minimum absolute atomic E-state index is 0.313. The zero-order valence-corrected chi connectivity index (χ0v) is 11.7. The Morgan fingerprint density at radius 1 is 1.25 bits per heavy atom. The number of aliphatic hydroxyl groups excluding tert-OH is 1. The molecule has 3 heteroatoms. The van der Waals surface area contributed by atoms with Crippen LogP contribution in [-0.4, -0.2) is 16.2 Å². The number of fused-ring (bicyclic) bond motifs is 3. The van der Waals surface area contributed by atoms with Crippen molar-refractivity contribution in [3.8, 4) is 0 Å². The topological polar surface area (TPSA) is 46.3 Å². The Balaban J connectivity index is 1.40. The molecule has 1 N–H and O–H groups in total. The lowest BCUT2D eigenvalue weighted by Crippen LogP contribution is -2.20. The van der Waals surface area contributed by atoms with Crippen LogP contribution in [0, 0.1) is 17.8 Å². The molecule has 2 fully saturated rings. The largest absolute Gasteiger partial charge is 0.441 e. The fourth-order valence-electron chi connectivity index (χ4n) is 4.31. The maximum atomic E-state index is 10.3. The van der Waals surface area contributed by atoms with Crippen molar-refractivity contribution in [1.29, 1.82) is 0 Å². The molecule has 1 aromatic carbocycles. The number of oxazole rings is 1. The summed E-state index contributed by atoms with van der Waals surface area (Å²) < 4.78 is 5.69. The van der Waals surface area contributed by atoms with Gasteiger partial charge in [-0.1, -0.05) is 18.6 Å². The molecular formula is C17H21NO2. The van der Waals surface area contributed by atoms with Crippen LogP contribution >= 0.6 is 0 Å². The Kier molecular flexibility index (Phi) is 3.03. The van der Waals surface area contributed by atoms with Crippen LogP contribution in [0.1, 0.15) is 38.0 Å². The number of nitrogens with zero attached hydrogens (tertiary/aromatic N) is 1. The number of benzene rings is 1. The van der Waals surface area contributed by atoms with Crippen molar-refractivity contribution < 1.29 is 9.52 Å². The van der Waals surface area contributed by atoms with Crippen molar-refractivity contribution in [3.05, 3.63) is 30.2 Å². The van der Waals surface area contributed by atoms with Crippen LogP contribution in [0.4, 0.5) is 0 Å². The lowest BCUT2D eigenvalue weighted by atomic mass is 9.84. The van der Waals surface area contributed by atoms with Gasteiger partial charge >= 0.3 is 0 Å². The van der Waals surface area contributed by atoms with E-state index in [2.05, 4.69) is 4.98 Å². The van der Waals surface area contributed by atoms with Gasteiger partial charge in [0.25, 0.3) is 0 Å². The van der Waals surface area contributed by atoms with E-state index in [9.17, 15) is 5.11 Å². The molecule has 2 aromatic rings. The van der Waals surface area contributed by atoms with Crippen molar-refractivity contribution in [3.63, 3.8) is 0 Å². The molecule has 0 amide bonds. The molecule has 1 aromatic heterocycles. The standard InChI is InChI=1S/C17H21NO2/c19-14(9-13-8-11-5-6-12(13)7-11)10-17-18-15-3-1-2-4-16(15)20-17/h1-4,11-14,19H,5-10H2. The highest BCUT2D eigenvalue weighted by Gasteiger charge is 2.40. The molecule has 106 valence electrons. The predicted octanol–water partition coefficient (Wildman–Crippen LogP) is 3.56. The van der Waals surface area contributed by atoms with E-state index in [4.69, 9.17) is 4.42 Å². The molecule has 0 saturated heterocycles. The molecule has 2 saturated carbocycles. The number of hydrogen-bond donors (Lipinski definition) is 1. The van der Waals surface area contributed by atoms with Crippen LogP contribution in [0.25, 0.3) is 11.1 Å². The zero-order valence-electron chi connectivity index (χ0n) is 11.7. The molecule has 2 bridgehead atoms. The maximum absolute atomic E-state index is 10.3. The highest BCUT2D eigenvalue weighted by atomic mass is 16.4. The summed E-state index contributed by atoms with van der Waals surface area (Å²) in [5, 5.41) is 10.3. The zero-order chi connectivity index (χ0) is 13.5. The summed E-state index contributed by atoms with van der Waals surface area (Å²) in [6.07, 6.45) is 6.68. The minimum atomic E-state index is -0.313. The Labute approximate surface area is 119 Å². The van der Waals surface area contributed by atoms with E-state index in [0.717, 1.165) is 35.3 Å². The number of aromatic nitrogens is 1. The Morgan fingerprint density at radius 2 is 2.15 bits per heavy atom. The highest BCUT2D eigenvalue weighted by Crippen LogP contribution is 2.49. The van der Waals surface area contributed by atoms with E-state index < -0.39 is 0 Å². The summed E-state index contributed by atoms with van der Waals surface area (Å²) in [7, 11) is 0. The van der Waals surface area contributed by atoms with E-state index in [0.29, 0.717) is 12.3 Å². The van der Waals surface area contributed by atoms with Crippen LogP contribution in [0.2, 0.25) is 0 Å². The number of hydrogen-bond acceptors (Lipinski definition) is 3. The number of aliphatic hydroxyl groups is 1. The first-order chi connectivity index (χ1) is 9.78. The van der Waals surface area contributed by atoms with E-state index in [-0.39, 0.29) is 6.10 Å². The fourth-order valence-corrected chi connectivity index (χ4v) is 4.31. The first-order valence-electron chi connectivity index (χ1n) is 7.80. The summed E-state index contributed by atoms with van der Waals surface area (Å²) in [5.41, 5.74) is 1.70. The van der Waals surface area contributed by atoms with E-state index in [1.807, 2.05) is 24.3 Å². The molecule has 4 rings (SSSR count). The summed E-state index contributed by atoms with van der Waals surface area (Å²) in [5.74, 6) is 3.22. The second kappa shape index (κ2) is 4.88. The van der Waals surface area contributed by atoms with Crippen LogP contribution in [-0.2, 0) is 6.42 Å². The van der Waals surface area contributed by atoms with Gasteiger partial charge in [-0.3, -0.25) is 0 Å². The number of rotatable bonds is 4. The Hall–Kier alpha value is -1.35. The molecule has 3 nitrogen and oxygen atoms in total. The van der Waals surface area contributed by atoms with Crippen LogP contribution in [0.15, 0.2) is 28.7 Å². The van der Waals surface area contributed by atoms with Crippen LogP contribution in [0.5, 0.6) is 0 Å². The third-order valence-electron chi connectivity index (χ3n) is 5.21.